The van der Waals surface area contributed by atoms with Crippen molar-refractivity contribution in [3.8, 4) is 0 Å². The molecule has 3 heteroatoms. The Hall–Kier alpha value is -1.51. The van der Waals surface area contributed by atoms with Crippen molar-refractivity contribution in [2.24, 2.45) is 5.92 Å². The van der Waals surface area contributed by atoms with Crippen LogP contribution in [0.25, 0.3) is 0 Å². The maximum atomic E-state index is 11.9. The molecule has 0 bridgehead atoms. The lowest BCUT2D eigenvalue weighted by atomic mass is 9.92. The number of anilines is 1. The minimum atomic E-state index is 0.0878. The van der Waals surface area contributed by atoms with Gasteiger partial charge in [-0.25, -0.2) is 0 Å². The number of nitrogens with zero attached hydrogens (tertiary/aromatic N) is 1. The zero-order valence-electron chi connectivity index (χ0n) is 10.6. The number of hydrogen-bond donors (Lipinski definition) is 1. The standard InChI is InChI=1S/C14H20N2O/c1-3-15-14(17)12-9-11-7-5-6-8-13(11)16(4-2)10-12/h5-8,12H,3-4,9-10H2,1-2H3,(H,15,17)/t12-/m1/s1. The van der Waals surface area contributed by atoms with Crippen LogP contribution in [-0.4, -0.2) is 25.5 Å². The number of fused-ring (bicyclic) bond motifs is 1. The molecule has 0 spiro atoms. The number of carbonyl (C=O) groups excluding carboxylic acids is 1. The molecule has 0 fully saturated rings. The summed E-state index contributed by atoms with van der Waals surface area (Å²) >= 11 is 0. The Morgan fingerprint density at radius 1 is 1.41 bits per heavy atom. The highest BCUT2D eigenvalue weighted by Gasteiger charge is 2.27. The van der Waals surface area contributed by atoms with E-state index >= 15 is 0 Å². The van der Waals surface area contributed by atoms with Crippen molar-refractivity contribution < 1.29 is 4.79 Å². The predicted octanol–water partition coefficient (Wildman–Crippen LogP) is 1.82. The monoisotopic (exact) mass is 232 g/mol. The number of rotatable bonds is 3. The van der Waals surface area contributed by atoms with E-state index in [2.05, 4.69) is 35.3 Å². The topological polar surface area (TPSA) is 32.3 Å². The first-order chi connectivity index (χ1) is 8.26. The van der Waals surface area contributed by atoms with Gasteiger partial charge >= 0.3 is 0 Å². The Bertz CT molecular complexity index is 403. The highest BCUT2D eigenvalue weighted by Crippen LogP contribution is 2.29. The van der Waals surface area contributed by atoms with Crippen LogP contribution >= 0.6 is 0 Å². The minimum absolute atomic E-state index is 0.0878. The van der Waals surface area contributed by atoms with Crippen molar-refractivity contribution in [3.63, 3.8) is 0 Å². The van der Waals surface area contributed by atoms with E-state index in [4.69, 9.17) is 0 Å². The fourth-order valence-corrected chi connectivity index (χ4v) is 2.48. The molecule has 0 radical (unpaired) electrons. The average molecular weight is 232 g/mol. The fraction of sp³-hybridized carbons (Fsp3) is 0.500. The quantitative estimate of drug-likeness (QED) is 0.862. The number of amides is 1. The summed E-state index contributed by atoms with van der Waals surface area (Å²) in [7, 11) is 0. The molecule has 1 N–H and O–H groups in total. The SMILES string of the molecule is CCNC(=O)[C@@H]1Cc2ccccc2N(CC)C1. The lowest BCUT2D eigenvalue weighted by molar-refractivity contribution is -0.124. The molecule has 2 rings (SSSR count). The maximum Gasteiger partial charge on any atom is 0.225 e. The molecule has 0 aliphatic carbocycles. The van der Waals surface area contributed by atoms with Gasteiger partial charge in [0.05, 0.1) is 5.92 Å². The molecule has 17 heavy (non-hydrogen) atoms. The molecule has 92 valence electrons. The van der Waals surface area contributed by atoms with Gasteiger partial charge in [-0.2, -0.15) is 0 Å². The van der Waals surface area contributed by atoms with E-state index in [9.17, 15) is 4.79 Å². The summed E-state index contributed by atoms with van der Waals surface area (Å²) in [6.07, 6.45) is 0.860. The van der Waals surface area contributed by atoms with Crippen molar-refractivity contribution in [1.29, 1.82) is 0 Å². The Labute approximate surface area is 103 Å². The van der Waals surface area contributed by atoms with Crippen molar-refractivity contribution >= 4 is 11.6 Å². The maximum absolute atomic E-state index is 11.9. The van der Waals surface area contributed by atoms with E-state index in [0.717, 1.165) is 19.5 Å². The molecule has 0 saturated carbocycles. The Morgan fingerprint density at radius 2 is 2.18 bits per heavy atom. The molecule has 3 nitrogen and oxygen atoms in total. The van der Waals surface area contributed by atoms with Gasteiger partial charge in [0.1, 0.15) is 0 Å². The summed E-state index contributed by atoms with van der Waals surface area (Å²) in [5, 5.41) is 2.93. The van der Waals surface area contributed by atoms with Crippen LogP contribution in [-0.2, 0) is 11.2 Å². The van der Waals surface area contributed by atoms with Crippen LogP contribution in [0, 0.1) is 5.92 Å². The average Bonchev–Trinajstić information content (AvgIpc) is 2.37. The molecular formula is C14H20N2O. The normalized spacial score (nSPS) is 18.7. The number of benzene rings is 1. The molecule has 1 aromatic rings. The largest absolute Gasteiger partial charge is 0.371 e. The van der Waals surface area contributed by atoms with E-state index < -0.39 is 0 Å². The first-order valence-electron chi connectivity index (χ1n) is 6.36. The second-order valence-electron chi connectivity index (χ2n) is 4.46. The van der Waals surface area contributed by atoms with Crippen LogP contribution in [0.2, 0.25) is 0 Å². The number of nitrogens with one attached hydrogen (secondary N) is 1. The van der Waals surface area contributed by atoms with Crippen LogP contribution in [0.3, 0.4) is 0 Å². The van der Waals surface area contributed by atoms with Gasteiger partial charge in [-0.3, -0.25) is 4.79 Å². The summed E-state index contributed by atoms with van der Waals surface area (Å²) in [5.41, 5.74) is 2.58. The van der Waals surface area contributed by atoms with Gasteiger partial charge in [0, 0.05) is 25.3 Å². The first-order valence-corrected chi connectivity index (χ1v) is 6.36. The lowest BCUT2D eigenvalue weighted by Gasteiger charge is -2.34. The van der Waals surface area contributed by atoms with Crippen LogP contribution in [0.4, 0.5) is 5.69 Å². The lowest BCUT2D eigenvalue weighted by Crippen LogP contribution is -2.43. The Morgan fingerprint density at radius 3 is 2.88 bits per heavy atom. The van der Waals surface area contributed by atoms with Gasteiger partial charge in [-0.1, -0.05) is 18.2 Å². The van der Waals surface area contributed by atoms with Crippen molar-refractivity contribution in [3.05, 3.63) is 29.8 Å². The zero-order valence-corrected chi connectivity index (χ0v) is 10.6. The molecule has 1 aliphatic rings. The van der Waals surface area contributed by atoms with Crippen LogP contribution < -0.4 is 10.2 Å². The Kier molecular flexibility index (Phi) is 3.67. The molecule has 0 unspecified atom stereocenters. The summed E-state index contributed by atoms with van der Waals surface area (Å²) in [6, 6.07) is 8.39. The predicted molar refractivity (Wildman–Crippen MR) is 70.2 cm³/mol. The molecule has 1 heterocycles. The van der Waals surface area contributed by atoms with Gasteiger partial charge < -0.3 is 10.2 Å². The molecule has 1 aromatic carbocycles. The third-order valence-corrected chi connectivity index (χ3v) is 3.34. The summed E-state index contributed by atoms with van der Waals surface area (Å²) < 4.78 is 0. The number of hydrogen-bond acceptors (Lipinski definition) is 2. The molecule has 1 amide bonds. The third-order valence-electron chi connectivity index (χ3n) is 3.34. The van der Waals surface area contributed by atoms with Crippen LogP contribution in [0.5, 0.6) is 0 Å². The van der Waals surface area contributed by atoms with E-state index in [1.807, 2.05) is 13.0 Å². The van der Waals surface area contributed by atoms with E-state index in [1.165, 1.54) is 11.3 Å². The van der Waals surface area contributed by atoms with Gasteiger partial charge in [0.2, 0.25) is 5.91 Å². The minimum Gasteiger partial charge on any atom is -0.371 e. The fourth-order valence-electron chi connectivity index (χ4n) is 2.48. The van der Waals surface area contributed by atoms with Gasteiger partial charge in [0.15, 0.2) is 0 Å². The van der Waals surface area contributed by atoms with Gasteiger partial charge in [-0.15, -0.1) is 0 Å². The summed E-state index contributed by atoms with van der Waals surface area (Å²) in [5.74, 6) is 0.269. The summed E-state index contributed by atoms with van der Waals surface area (Å²) in [4.78, 5) is 14.2. The van der Waals surface area contributed by atoms with Crippen molar-refractivity contribution in [1.82, 2.24) is 5.32 Å². The van der Waals surface area contributed by atoms with Crippen LogP contribution in [0.15, 0.2) is 24.3 Å². The van der Waals surface area contributed by atoms with Crippen LogP contribution in [0.1, 0.15) is 19.4 Å². The molecule has 0 aromatic heterocycles. The van der Waals surface area contributed by atoms with Gasteiger partial charge in [0.25, 0.3) is 0 Å². The molecule has 1 aliphatic heterocycles. The van der Waals surface area contributed by atoms with Crippen molar-refractivity contribution in [2.45, 2.75) is 20.3 Å². The van der Waals surface area contributed by atoms with E-state index in [1.54, 1.807) is 0 Å². The molecule has 1 atom stereocenters. The number of carbonyl (C=O) groups is 1. The summed E-state index contributed by atoms with van der Waals surface area (Å²) in [6.45, 7) is 6.60. The third kappa shape index (κ3) is 2.43. The van der Waals surface area contributed by atoms with E-state index in [0.29, 0.717) is 6.54 Å². The highest BCUT2D eigenvalue weighted by molar-refractivity contribution is 5.81. The van der Waals surface area contributed by atoms with E-state index in [-0.39, 0.29) is 11.8 Å². The first kappa shape index (κ1) is 12.0. The highest BCUT2D eigenvalue weighted by atomic mass is 16.1. The number of para-hydroxylation sites is 1. The Balaban J connectivity index is 2.21. The molecular weight excluding hydrogens is 212 g/mol. The second-order valence-corrected chi connectivity index (χ2v) is 4.46. The second kappa shape index (κ2) is 5.21. The zero-order chi connectivity index (χ0) is 12.3. The smallest absolute Gasteiger partial charge is 0.225 e. The van der Waals surface area contributed by atoms with Gasteiger partial charge in [-0.05, 0) is 31.9 Å². The molecule has 0 saturated heterocycles. The van der Waals surface area contributed by atoms with Crippen molar-refractivity contribution in [2.75, 3.05) is 24.5 Å².